The van der Waals surface area contributed by atoms with Gasteiger partial charge in [0.1, 0.15) is 0 Å². The SMILES string of the molecule is CCCCCCc1cccc(C2=C(CCCC)C(CCCC)=C(c3cccc(CCCCC)c3)[N+]2=[N-])c1.[CH2-]CCCCCCCCCCCCCCCCCCCC.[CH2-]CCCCCCCCCCCCCCCCCCCC.[Ni+2]. The van der Waals surface area contributed by atoms with Crippen LogP contribution >= 0.6 is 0 Å². The van der Waals surface area contributed by atoms with E-state index >= 15 is 0 Å². The van der Waals surface area contributed by atoms with Gasteiger partial charge in [0, 0.05) is 22.3 Å². The fraction of sp³-hybridized carbons (Fsp3) is 0.766. The van der Waals surface area contributed by atoms with Crippen molar-refractivity contribution in [2.45, 2.75) is 382 Å². The summed E-state index contributed by atoms with van der Waals surface area (Å²) in [4.78, 5) is 0. The van der Waals surface area contributed by atoms with Gasteiger partial charge in [-0.1, -0.05) is 342 Å². The summed E-state index contributed by atoms with van der Waals surface area (Å²) in [5, 5.41) is 0. The number of nitrogens with zero attached hydrogens (tertiary/aromatic N) is 2. The van der Waals surface area contributed by atoms with E-state index in [2.05, 4.69) is 104 Å². The van der Waals surface area contributed by atoms with Gasteiger partial charge < -0.3 is 19.4 Å². The van der Waals surface area contributed by atoms with Crippen LogP contribution in [0.1, 0.15) is 391 Å². The van der Waals surface area contributed by atoms with Crippen molar-refractivity contribution in [2.24, 2.45) is 0 Å². The Kier molecular flexibility index (Phi) is 58.7. The molecule has 0 spiro atoms. The Labute approximate surface area is 512 Å². The van der Waals surface area contributed by atoms with Gasteiger partial charge in [0.15, 0.2) is 0 Å². The van der Waals surface area contributed by atoms with E-state index in [-0.39, 0.29) is 16.5 Å². The molecule has 3 heteroatoms. The monoisotopic (exact) mass is 1150 g/mol. The van der Waals surface area contributed by atoms with E-state index in [4.69, 9.17) is 0 Å². The fourth-order valence-corrected chi connectivity index (χ4v) is 11.7. The van der Waals surface area contributed by atoms with Crippen molar-refractivity contribution >= 4 is 11.4 Å². The molecule has 1 aliphatic heterocycles. The van der Waals surface area contributed by atoms with Gasteiger partial charge in [0.2, 0.25) is 11.4 Å². The van der Waals surface area contributed by atoms with E-state index < -0.39 is 0 Å². The van der Waals surface area contributed by atoms with E-state index in [1.54, 1.807) is 4.70 Å². The Morgan fingerprint density at radius 3 is 0.775 bits per heavy atom. The van der Waals surface area contributed by atoms with Crippen molar-refractivity contribution in [1.82, 2.24) is 0 Å². The van der Waals surface area contributed by atoms with Crippen LogP contribution in [0.3, 0.4) is 0 Å². The molecule has 0 bridgehead atoms. The first-order valence-electron chi connectivity index (χ1n) is 35.7. The predicted octanol–water partition coefficient (Wildman–Crippen LogP) is 27.6. The maximum atomic E-state index is 11.9. The molecule has 0 amide bonds. The van der Waals surface area contributed by atoms with Gasteiger partial charge in [0.05, 0.1) is 0 Å². The Morgan fingerprint density at radius 2 is 0.512 bits per heavy atom. The summed E-state index contributed by atoms with van der Waals surface area (Å²) in [6.45, 7) is 21.4. The second-order valence-electron chi connectivity index (χ2n) is 24.6. The first-order chi connectivity index (χ1) is 39.0. The number of aryl methyl sites for hydroxylation is 2. The van der Waals surface area contributed by atoms with Gasteiger partial charge >= 0.3 is 16.5 Å². The summed E-state index contributed by atoms with van der Waals surface area (Å²) in [6.07, 6.45) is 72.3. The van der Waals surface area contributed by atoms with Crippen LogP contribution < -0.4 is 0 Å². The normalized spacial score (nSPS) is 12.2. The Hall–Kier alpha value is -1.99. The van der Waals surface area contributed by atoms with E-state index in [9.17, 15) is 5.53 Å². The summed E-state index contributed by atoms with van der Waals surface area (Å²) in [6, 6.07) is 17.9. The van der Waals surface area contributed by atoms with Crippen molar-refractivity contribution in [1.29, 1.82) is 0 Å². The maximum Gasteiger partial charge on any atom is 2.00 e. The molecule has 3 rings (SSSR count). The summed E-state index contributed by atoms with van der Waals surface area (Å²) >= 11 is 0. The third-order valence-electron chi connectivity index (χ3n) is 16.9. The van der Waals surface area contributed by atoms with E-state index in [0.29, 0.717) is 0 Å². The molecule has 0 fully saturated rings. The van der Waals surface area contributed by atoms with Crippen molar-refractivity contribution in [3.63, 3.8) is 0 Å². The summed E-state index contributed by atoms with van der Waals surface area (Å²) < 4.78 is 1.55. The number of benzene rings is 2. The van der Waals surface area contributed by atoms with Crippen LogP contribution in [0.2, 0.25) is 0 Å². The van der Waals surface area contributed by atoms with Gasteiger partial charge in [-0.2, -0.15) is 12.8 Å². The quantitative estimate of drug-likeness (QED) is 0.0273. The third kappa shape index (κ3) is 41.9. The Bertz CT molecular complexity index is 1630. The molecule has 80 heavy (non-hydrogen) atoms. The average Bonchev–Trinajstić information content (AvgIpc) is 3.78. The number of hydrogen-bond donors (Lipinski definition) is 0. The zero-order valence-corrected chi connectivity index (χ0v) is 55.7. The number of allylic oxidation sites excluding steroid dienone is 2. The van der Waals surface area contributed by atoms with Crippen LogP contribution in [0.25, 0.3) is 16.9 Å². The molecule has 464 valence electrons. The zero-order valence-electron chi connectivity index (χ0n) is 54.7. The van der Waals surface area contributed by atoms with Crippen LogP contribution in [0.4, 0.5) is 0 Å². The van der Waals surface area contributed by atoms with E-state index in [0.717, 1.165) is 86.7 Å². The third-order valence-corrected chi connectivity index (χ3v) is 16.9. The van der Waals surface area contributed by atoms with Crippen LogP contribution in [-0.2, 0) is 29.3 Å². The summed E-state index contributed by atoms with van der Waals surface area (Å²) in [7, 11) is 0. The minimum absolute atomic E-state index is 0. The first kappa shape index (κ1) is 78.0. The minimum atomic E-state index is 0. The largest absolute Gasteiger partial charge is 2.00 e. The second kappa shape index (κ2) is 60.1. The summed E-state index contributed by atoms with van der Waals surface area (Å²) in [5.74, 6) is 0. The number of rotatable bonds is 53. The molecule has 2 aromatic rings. The molecule has 2 nitrogen and oxygen atoms in total. The molecule has 0 radical (unpaired) electrons. The standard InChI is InChI=1S/C35H50N2.2C21H43.Ni/c1-5-9-13-15-19-29-21-17-23-31(27-29)35-33(25-12-8-4)32(24-11-7-3)34(37(35)36)30-22-16-20-28(26-30)18-14-10-6-2;2*1-3-5-7-9-11-13-15-17-19-21-20-18-16-14-12-10-8-6-4-2;/h16-17,20-23,26-27H,5-15,18-19,24-25H2,1-4H3;2*1,3-21H2,2H3;/q;2*-1;+2. The van der Waals surface area contributed by atoms with Crippen LogP contribution in [0.5, 0.6) is 0 Å². The topological polar surface area (TPSA) is 25.3 Å². The van der Waals surface area contributed by atoms with E-state index in [1.807, 2.05) is 0 Å². The molecule has 0 unspecified atom stereocenters. The van der Waals surface area contributed by atoms with Gasteiger partial charge in [-0.3, -0.25) is 0 Å². The molecule has 0 N–H and O–H groups in total. The average molecular weight is 1150 g/mol. The fourth-order valence-electron chi connectivity index (χ4n) is 11.7. The van der Waals surface area contributed by atoms with Crippen LogP contribution in [0, 0.1) is 13.8 Å². The number of hydrogen-bond acceptors (Lipinski definition) is 0. The Morgan fingerprint density at radius 1 is 0.287 bits per heavy atom. The second-order valence-corrected chi connectivity index (χ2v) is 24.6. The van der Waals surface area contributed by atoms with Crippen molar-refractivity contribution < 1.29 is 21.2 Å². The van der Waals surface area contributed by atoms with Crippen LogP contribution in [0.15, 0.2) is 59.7 Å². The van der Waals surface area contributed by atoms with Gasteiger partial charge in [-0.25, -0.2) is 4.70 Å². The molecule has 0 atom stereocenters. The first-order valence-corrected chi connectivity index (χ1v) is 35.7. The molecular weight excluding hydrogens is 1010 g/mol. The molecule has 0 aliphatic carbocycles. The van der Waals surface area contributed by atoms with E-state index in [1.165, 1.54) is 298 Å². The van der Waals surface area contributed by atoms with Crippen LogP contribution in [-0.4, -0.2) is 4.70 Å². The minimum Gasteiger partial charge on any atom is -0.493 e. The van der Waals surface area contributed by atoms with Crippen molar-refractivity contribution in [3.05, 3.63) is 101 Å². The smallest absolute Gasteiger partial charge is 0.493 e. The Balaban J connectivity index is 0.00000125. The predicted molar refractivity (Wildman–Crippen MR) is 358 cm³/mol. The maximum absolute atomic E-state index is 11.9. The van der Waals surface area contributed by atoms with Gasteiger partial charge in [0.25, 0.3) is 0 Å². The molecule has 0 aromatic heterocycles. The number of unbranched alkanes of at least 4 members (excludes halogenated alkanes) is 43. The molecule has 1 aliphatic rings. The molecule has 2 aromatic carbocycles. The molecular formula is C77H136N2Ni. The van der Waals surface area contributed by atoms with Gasteiger partial charge in [-0.05, 0) is 86.8 Å². The zero-order chi connectivity index (χ0) is 57.3. The molecule has 0 saturated carbocycles. The summed E-state index contributed by atoms with van der Waals surface area (Å²) in [5.41, 5.74) is 21.7. The van der Waals surface area contributed by atoms with Crippen molar-refractivity contribution in [3.8, 4) is 0 Å². The van der Waals surface area contributed by atoms with Crippen molar-refractivity contribution in [2.75, 3.05) is 0 Å². The molecule has 0 saturated heterocycles. The van der Waals surface area contributed by atoms with Gasteiger partial charge in [-0.15, -0.1) is 0 Å². The molecule has 1 heterocycles.